The molecule has 0 heterocycles. The fraction of sp³-hybridized carbons (Fsp3) is 0.967. The molecule has 0 spiro atoms. The normalized spacial score (nSPS) is 52.7. The lowest BCUT2D eigenvalue weighted by Crippen LogP contribution is -2.58. The molecule has 46 atom stereocenters. The summed E-state index contributed by atoms with van der Waals surface area (Å²) in [5.74, 6) is 21.1. The van der Waals surface area contributed by atoms with Crippen molar-refractivity contribution in [2.75, 3.05) is 0 Å². The van der Waals surface area contributed by atoms with Crippen LogP contribution in [0.1, 0.15) is 460 Å². The Morgan fingerprint density at radius 3 is 0.777 bits per heavy atom. The van der Waals surface area contributed by atoms with Crippen molar-refractivity contribution in [3.05, 3.63) is 0 Å². The minimum absolute atomic E-state index is 0.128. The summed E-state index contributed by atoms with van der Waals surface area (Å²) < 4.78 is 0. The molecule has 20 fully saturated rings. The average molecular weight is 1800 g/mol. The largest absolute Gasteiger partial charge is 0.393 e. The number of hydrogen-bond acceptors (Lipinski definition) is 10. The van der Waals surface area contributed by atoms with E-state index >= 15 is 0 Å². The molecular weight excluding hydrogens is 1600 g/mol. The molecule has 20 aliphatic carbocycles. The van der Waals surface area contributed by atoms with Gasteiger partial charge in [0.2, 0.25) is 0 Å². The van der Waals surface area contributed by atoms with Gasteiger partial charge in [0.15, 0.2) is 0 Å². The second kappa shape index (κ2) is 39.0. The highest BCUT2D eigenvalue weighted by molar-refractivity contribution is 5.86. The Bertz CT molecular complexity index is 3770. The van der Waals surface area contributed by atoms with E-state index in [-0.39, 0.29) is 42.0 Å². The number of aliphatic hydroxyl groups excluding tert-OH is 6. The van der Waals surface area contributed by atoms with Gasteiger partial charge in [0.25, 0.3) is 0 Å². The van der Waals surface area contributed by atoms with Gasteiger partial charge in [-0.2, -0.15) is 0 Å². The number of aliphatic hydroxyl groups is 6. The zero-order valence-electron chi connectivity index (χ0n) is 87.5. The number of ketones is 4. The van der Waals surface area contributed by atoms with Gasteiger partial charge in [-0.05, 0) is 438 Å². The maximum atomic E-state index is 13.3. The lowest BCUT2D eigenvalue weighted by Gasteiger charge is -2.62. The molecule has 20 aliphatic rings. The Morgan fingerprint density at radius 1 is 0.246 bits per heavy atom. The van der Waals surface area contributed by atoms with E-state index in [4.69, 9.17) is 0 Å². The van der Waals surface area contributed by atoms with Crippen molar-refractivity contribution in [3.8, 4) is 0 Å². The molecule has 0 aromatic heterocycles. The summed E-state index contributed by atoms with van der Waals surface area (Å²) in [6.07, 6.45) is 57.2. The van der Waals surface area contributed by atoms with Gasteiger partial charge in [0, 0.05) is 50.4 Å². The fourth-order valence-corrected chi connectivity index (χ4v) is 43.2. The molecule has 1 unspecified atom stereocenters. The van der Waals surface area contributed by atoms with E-state index in [1.165, 1.54) is 205 Å². The lowest BCUT2D eigenvalue weighted by atomic mass is 9.43. The van der Waals surface area contributed by atoms with Crippen molar-refractivity contribution in [2.45, 2.75) is 496 Å². The summed E-state index contributed by atoms with van der Waals surface area (Å²) in [5, 5.41) is 64.3. The monoisotopic (exact) mass is 1800 g/mol. The van der Waals surface area contributed by atoms with Crippen molar-refractivity contribution >= 4 is 23.1 Å². The highest BCUT2D eigenvalue weighted by Gasteiger charge is 2.70. The first-order valence-electron chi connectivity index (χ1n) is 57.7. The number of rotatable bonds is 15. The van der Waals surface area contributed by atoms with Crippen LogP contribution in [0.15, 0.2) is 0 Å². The Hall–Kier alpha value is -1.56. The van der Waals surface area contributed by atoms with Crippen LogP contribution in [0.5, 0.6) is 0 Å². The molecule has 6 N–H and O–H groups in total. The van der Waals surface area contributed by atoms with Gasteiger partial charge in [-0.15, -0.1) is 0 Å². The highest BCUT2D eigenvalue weighted by atomic mass is 16.3. The Kier molecular flexibility index (Phi) is 30.4. The molecule has 10 heteroatoms. The van der Waals surface area contributed by atoms with E-state index in [2.05, 4.69) is 138 Å². The SMILES string of the molecule is CCC[C@@H](C)[C@H]1CC[C@H]2[C@@H]3C(=O)C[C@@H]4CC(=O)CC[C@]4(C)[C@H]3CC[C@]12C.CCC[C@@H](C)[C@H]1CC[C@H]2[C@@H]3C(=O)C[C@@H]4C[C@H](O)CC[C@]4(C)[C@H]3CC[C@]12C.CCC[C@@H](C)[C@H]1CC[C@H]2[C@@H]3C(O)C[C@@H]4CC(=O)CC[C@]4(C)[C@H]3CC[C@]12C.CCC[C@@H](C)[C@H]1CC[C@H]2[C@@H]3[C@@H](O)C[C@@H]4C[C@H](O)CC[C@]4(C)[C@H]3CC[C@]12C.CCC[C@@H](C)[C@H]1CC[C@H]2[C@@H]3[C@H](O)C[C@@H]4C[C@H](O)CC[C@]4(C)[C@H]3CC[C@]12C. The molecule has 130 heavy (non-hydrogen) atoms. The first-order valence-corrected chi connectivity index (χ1v) is 57.7. The molecule has 0 saturated heterocycles. The van der Waals surface area contributed by atoms with Gasteiger partial charge in [-0.3, -0.25) is 19.2 Å². The third-order valence-electron chi connectivity index (χ3n) is 50.1. The molecule has 20 saturated carbocycles. The second-order valence-corrected chi connectivity index (χ2v) is 55.4. The number of fused-ring (bicyclic) bond motifs is 25. The predicted octanol–water partition coefficient (Wildman–Crippen LogP) is 27.9. The van der Waals surface area contributed by atoms with Crippen molar-refractivity contribution in [1.82, 2.24) is 0 Å². The molecule has 20 rings (SSSR count). The molecule has 0 bridgehead atoms. The van der Waals surface area contributed by atoms with E-state index in [1.54, 1.807) is 0 Å². The third kappa shape index (κ3) is 17.4. The zero-order chi connectivity index (χ0) is 93.4. The lowest BCUT2D eigenvalue weighted by molar-refractivity contribution is -0.174. The van der Waals surface area contributed by atoms with Crippen molar-refractivity contribution in [1.29, 1.82) is 0 Å². The second-order valence-electron chi connectivity index (χ2n) is 55.4. The number of hydrogen-bond donors (Lipinski definition) is 6. The maximum Gasteiger partial charge on any atom is 0.136 e. The summed E-state index contributed by atoms with van der Waals surface area (Å²) in [6.45, 7) is 49.2. The number of carbonyl (C=O) groups is 4. The third-order valence-corrected chi connectivity index (χ3v) is 50.1. The summed E-state index contributed by atoms with van der Waals surface area (Å²) in [6, 6.07) is 0. The fourth-order valence-electron chi connectivity index (χ4n) is 43.2. The molecule has 0 amide bonds. The van der Waals surface area contributed by atoms with Crippen LogP contribution in [0.3, 0.4) is 0 Å². The van der Waals surface area contributed by atoms with E-state index in [9.17, 15) is 49.8 Å². The van der Waals surface area contributed by atoms with Crippen LogP contribution in [0.25, 0.3) is 0 Å². The van der Waals surface area contributed by atoms with Gasteiger partial charge < -0.3 is 30.6 Å². The Balaban J connectivity index is 0.000000119. The van der Waals surface area contributed by atoms with E-state index in [0.717, 1.165) is 174 Å². The summed E-state index contributed by atoms with van der Waals surface area (Å²) in [7, 11) is 0. The van der Waals surface area contributed by atoms with Crippen molar-refractivity contribution in [3.63, 3.8) is 0 Å². The van der Waals surface area contributed by atoms with Gasteiger partial charge in [0.05, 0.1) is 36.6 Å². The highest BCUT2D eigenvalue weighted by Crippen LogP contribution is 2.76. The van der Waals surface area contributed by atoms with Gasteiger partial charge in [-0.25, -0.2) is 0 Å². The van der Waals surface area contributed by atoms with Crippen LogP contribution in [0, 0.1) is 232 Å². The van der Waals surface area contributed by atoms with E-state index in [1.807, 2.05) is 0 Å². The van der Waals surface area contributed by atoms with Crippen LogP contribution < -0.4 is 0 Å². The van der Waals surface area contributed by atoms with Crippen LogP contribution >= 0.6 is 0 Å². The maximum absolute atomic E-state index is 13.3. The smallest absolute Gasteiger partial charge is 0.136 e. The Labute approximate surface area is 795 Å². The molecule has 0 aromatic rings. The number of carbonyl (C=O) groups excluding carboxylic acids is 4. The van der Waals surface area contributed by atoms with Crippen molar-refractivity contribution in [2.24, 2.45) is 232 Å². The van der Waals surface area contributed by atoms with E-state index in [0.29, 0.717) is 191 Å². The minimum Gasteiger partial charge on any atom is -0.393 e. The first kappa shape index (κ1) is 101. The van der Waals surface area contributed by atoms with E-state index < -0.39 is 0 Å². The van der Waals surface area contributed by atoms with Crippen LogP contribution in [0.4, 0.5) is 0 Å². The molecule has 742 valence electrons. The van der Waals surface area contributed by atoms with Gasteiger partial charge >= 0.3 is 0 Å². The average Bonchev–Trinajstić information content (AvgIpc) is 1.44. The van der Waals surface area contributed by atoms with Gasteiger partial charge in [-0.1, -0.05) is 203 Å². The topological polar surface area (TPSA) is 190 Å². The first-order chi connectivity index (χ1) is 61.5. The molecule has 0 radical (unpaired) electrons. The molecular formula is C120H202O10. The summed E-state index contributed by atoms with van der Waals surface area (Å²) in [5.41, 5.74) is 3.66. The predicted molar refractivity (Wildman–Crippen MR) is 529 cm³/mol. The summed E-state index contributed by atoms with van der Waals surface area (Å²) >= 11 is 0. The van der Waals surface area contributed by atoms with Crippen molar-refractivity contribution < 1.29 is 49.8 Å². The van der Waals surface area contributed by atoms with Gasteiger partial charge in [0.1, 0.15) is 23.1 Å². The van der Waals surface area contributed by atoms with Crippen LogP contribution in [0.2, 0.25) is 0 Å². The zero-order valence-corrected chi connectivity index (χ0v) is 87.5. The molecule has 0 aliphatic heterocycles. The summed E-state index contributed by atoms with van der Waals surface area (Å²) in [4.78, 5) is 50.7. The quantitative estimate of drug-likeness (QED) is 0.0920. The number of Topliss-reactive ketones (excluding diaryl/α,β-unsaturated/α-hetero) is 4. The van der Waals surface area contributed by atoms with Crippen LogP contribution in [-0.2, 0) is 19.2 Å². The molecule has 10 nitrogen and oxygen atoms in total. The molecule has 0 aromatic carbocycles. The standard InChI is InChI=1S/2C24H42O2.2C24H40O2.C24H38O2/c5*1-5-6-15(2)18-7-8-19-22-20(10-12-24(18,19)4)23(3)11-9-17(25)13-16(23)14-21(22)26/h2*15-22,25-26H,5-14H2,1-4H3;15-16,18-22,26H,5-14H2,1-4H3;15-20,22,25H,5-14H2,1-4H3;15-16,18-20,22H,5-14H2,1-4H3/t15-,16+,17-,18-,19+,20+,21+,22+,23+,24-;15-,16+,17-,18-,19+,20+,21-,22+,23+,24-;15-,16+,18-,19+,20+,21?,22+,23+,24-;15-,16+,17-,18-,19+,20+,22+,23+,24-;15-,16+,18-,19+,20+,22+,23+,24-/m11111/s1. The minimum atomic E-state index is -0.172. The Morgan fingerprint density at radius 2 is 0.462 bits per heavy atom. The van der Waals surface area contributed by atoms with Crippen LogP contribution in [-0.4, -0.2) is 90.4 Å².